The third-order valence-corrected chi connectivity index (χ3v) is 13.2. The molecule has 0 aliphatic carbocycles. The first-order valence-corrected chi connectivity index (χ1v) is 29.0. The second-order valence-electron chi connectivity index (χ2n) is 19.7. The molecule has 1 N–H and O–H groups in total. The number of allylic oxidation sites excluding steroid dienone is 6. The fourth-order valence-electron chi connectivity index (χ4n) is 8.80. The molecule has 0 aromatic carbocycles. The van der Waals surface area contributed by atoms with E-state index in [1.807, 2.05) is 0 Å². The maximum atomic E-state index is 12.3. The summed E-state index contributed by atoms with van der Waals surface area (Å²) in [4.78, 5) is 24.5. The van der Waals surface area contributed by atoms with E-state index >= 15 is 0 Å². The van der Waals surface area contributed by atoms with Crippen molar-refractivity contribution in [2.75, 3.05) is 13.2 Å². The Labute approximate surface area is 406 Å². The van der Waals surface area contributed by atoms with E-state index in [4.69, 9.17) is 9.47 Å². The Hall–Kier alpha value is -1.88. The molecule has 65 heavy (non-hydrogen) atoms. The minimum absolute atomic E-state index is 0.0648. The van der Waals surface area contributed by atoms with Crippen LogP contribution in [0.15, 0.2) is 36.5 Å². The van der Waals surface area contributed by atoms with Crippen molar-refractivity contribution < 1.29 is 24.2 Å². The van der Waals surface area contributed by atoms with E-state index in [2.05, 4.69) is 50.3 Å². The number of ether oxygens (including phenoxy) is 2. The lowest BCUT2D eigenvalue weighted by Crippen LogP contribution is -2.28. The average molecular weight is 914 g/mol. The molecular formula is C60H112O5. The zero-order valence-corrected chi connectivity index (χ0v) is 43.8. The van der Waals surface area contributed by atoms with Gasteiger partial charge in [0.1, 0.15) is 6.61 Å². The van der Waals surface area contributed by atoms with Crippen LogP contribution in [0.1, 0.15) is 316 Å². The number of rotatable bonds is 54. The van der Waals surface area contributed by atoms with E-state index < -0.39 is 6.10 Å². The third kappa shape index (κ3) is 54.6. The van der Waals surface area contributed by atoms with Crippen LogP contribution in [-0.4, -0.2) is 36.4 Å². The van der Waals surface area contributed by atoms with Gasteiger partial charge in [-0.05, 0) is 51.4 Å². The highest BCUT2D eigenvalue weighted by atomic mass is 16.6. The van der Waals surface area contributed by atoms with E-state index in [9.17, 15) is 14.7 Å². The highest BCUT2D eigenvalue weighted by Gasteiger charge is 2.16. The number of hydrogen-bond acceptors (Lipinski definition) is 5. The molecule has 1 atom stereocenters. The smallest absolute Gasteiger partial charge is 0.306 e. The minimum Gasteiger partial charge on any atom is -0.462 e. The molecule has 0 aromatic heterocycles. The second-order valence-corrected chi connectivity index (χ2v) is 19.7. The summed E-state index contributed by atoms with van der Waals surface area (Å²) < 4.78 is 10.7. The molecule has 0 aliphatic rings. The normalized spacial score (nSPS) is 12.4. The summed E-state index contributed by atoms with van der Waals surface area (Å²) in [5.74, 6) is -0.583. The summed E-state index contributed by atoms with van der Waals surface area (Å²) in [5.41, 5.74) is 0. The molecule has 0 radical (unpaired) electrons. The molecule has 0 spiro atoms. The lowest BCUT2D eigenvalue weighted by Gasteiger charge is -2.15. The Morgan fingerprint density at radius 2 is 0.615 bits per heavy atom. The fraction of sp³-hybridized carbons (Fsp3) is 0.867. The molecule has 5 heteroatoms. The van der Waals surface area contributed by atoms with Gasteiger partial charge in [0.2, 0.25) is 0 Å². The van der Waals surface area contributed by atoms with Crippen molar-refractivity contribution in [3.63, 3.8) is 0 Å². The van der Waals surface area contributed by atoms with Gasteiger partial charge in [-0.25, -0.2) is 0 Å². The topological polar surface area (TPSA) is 72.8 Å². The van der Waals surface area contributed by atoms with Gasteiger partial charge >= 0.3 is 11.9 Å². The van der Waals surface area contributed by atoms with Gasteiger partial charge in [-0.3, -0.25) is 9.59 Å². The van der Waals surface area contributed by atoms with Crippen LogP contribution in [0, 0.1) is 0 Å². The van der Waals surface area contributed by atoms with Crippen LogP contribution in [0.25, 0.3) is 0 Å². The minimum atomic E-state index is -0.775. The Morgan fingerprint density at radius 1 is 0.354 bits per heavy atom. The number of aliphatic hydroxyl groups is 1. The van der Waals surface area contributed by atoms with Crippen molar-refractivity contribution in [1.82, 2.24) is 0 Å². The lowest BCUT2D eigenvalue weighted by molar-refractivity contribution is -0.161. The first-order chi connectivity index (χ1) is 32.1. The van der Waals surface area contributed by atoms with Gasteiger partial charge in [-0.2, -0.15) is 0 Å². The van der Waals surface area contributed by atoms with Crippen molar-refractivity contribution in [2.24, 2.45) is 0 Å². The van der Waals surface area contributed by atoms with Gasteiger partial charge < -0.3 is 14.6 Å². The van der Waals surface area contributed by atoms with Crippen LogP contribution in [0.5, 0.6) is 0 Å². The number of carbonyl (C=O) groups is 2. The monoisotopic (exact) mass is 913 g/mol. The van der Waals surface area contributed by atoms with Crippen molar-refractivity contribution in [3.05, 3.63) is 36.5 Å². The van der Waals surface area contributed by atoms with Crippen LogP contribution in [0.2, 0.25) is 0 Å². The van der Waals surface area contributed by atoms with Crippen molar-refractivity contribution >= 4 is 11.9 Å². The van der Waals surface area contributed by atoms with E-state index in [-0.39, 0.29) is 25.2 Å². The molecule has 5 nitrogen and oxygen atoms in total. The Balaban J connectivity index is 3.44. The van der Waals surface area contributed by atoms with E-state index in [0.29, 0.717) is 12.8 Å². The summed E-state index contributed by atoms with van der Waals surface area (Å²) in [6.07, 6.45) is 72.7. The number of carbonyl (C=O) groups excluding carboxylic acids is 2. The number of hydrogen-bond donors (Lipinski definition) is 1. The molecule has 0 aliphatic heterocycles. The van der Waals surface area contributed by atoms with Gasteiger partial charge in [0, 0.05) is 12.8 Å². The van der Waals surface area contributed by atoms with Crippen LogP contribution < -0.4 is 0 Å². The number of aliphatic hydroxyl groups excluding tert-OH is 1. The maximum absolute atomic E-state index is 12.3. The van der Waals surface area contributed by atoms with Gasteiger partial charge in [0.15, 0.2) is 6.10 Å². The van der Waals surface area contributed by atoms with Crippen LogP contribution in [-0.2, 0) is 19.1 Å². The first-order valence-electron chi connectivity index (χ1n) is 29.0. The summed E-state index contributed by atoms with van der Waals surface area (Å²) in [6.45, 7) is 4.17. The van der Waals surface area contributed by atoms with Crippen molar-refractivity contribution in [2.45, 2.75) is 322 Å². The fourth-order valence-corrected chi connectivity index (χ4v) is 8.80. The Morgan fingerprint density at radius 3 is 0.923 bits per heavy atom. The zero-order valence-electron chi connectivity index (χ0n) is 43.8. The molecule has 0 heterocycles. The van der Waals surface area contributed by atoms with E-state index in [0.717, 1.165) is 51.4 Å². The molecule has 382 valence electrons. The summed E-state index contributed by atoms with van der Waals surface area (Å²) in [5, 5.41) is 9.65. The molecule has 0 aromatic rings. The highest BCUT2D eigenvalue weighted by Crippen LogP contribution is 2.17. The number of esters is 2. The summed E-state index contributed by atoms with van der Waals surface area (Å²) in [7, 11) is 0. The van der Waals surface area contributed by atoms with Crippen LogP contribution in [0.4, 0.5) is 0 Å². The molecule has 1 unspecified atom stereocenters. The van der Waals surface area contributed by atoms with Gasteiger partial charge in [0.05, 0.1) is 6.61 Å². The largest absolute Gasteiger partial charge is 0.462 e. The predicted molar refractivity (Wildman–Crippen MR) is 284 cm³/mol. The predicted octanol–water partition coefficient (Wildman–Crippen LogP) is 19.5. The van der Waals surface area contributed by atoms with Crippen LogP contribution in [0.3, 0.4) is 0 Å². The van der Waals surface area contributed by atoms with E-state index in [1.165, 1.54) is 238 Å². The Kier molecular flexibility index (Phi) is 54.8. The quantitative estimate of drug-likeness (QED) is 0.0374. The van der Waals surface area contributed by atoms with Gasteiger partial charge in [-0.1, -0.05) is 288 Å². The maximum Gasteiger partial charge on any atom is 0.306 e. The average Bonchev–Trinajstić information content (AvgIpc) is 3.31. The molecule has 0 saturated heterocycles. The molecule has 0 bridgehead atoms. The molecular weight excluding hydrogens is 801 g/mol. The van der Waals surface area contributed by atoms with Gasteiger partial charge in [0.25, 0.3) is 0 Å². The van der Waals surface area contributed by atoms with Crippen molar-refractivity contribution in [1.29, 1.82) is 0 Å². The standard InChI is InChI=1S/C60H112O5/c1-3-5-7-9-11-13-15-17-19-21-23-25-27-28-29-30-31-33-34-36-38-40-42-44-46-48-50-52-54-59(62)64-57-58(56-61)65-60(63)55-53-51-49-47-45-43-41-39-37-35-32-26-24-22-20-18-16-14-12-10-8-6-4-2/h16,18,22,24,32,35,58,61H,3-15,17,19-21,23,25-31,33-34,36-57H2,1-2H3/b18-16-,24-22-,35-32-. The first kappa shape index (κ1) is 63.1. The third-order valence-electron chi connectivity index (χ3n) is 13.2. The summed E-state index contributed by atoms with van der Waals surface area (Å²) >= 11 is 0. The molecule has 0 saturated carbocycles. The summed E-state index contributed by atoms with van der Waals surface area (Å²) in [6, 6.07) is 0. The van der Waals surface area contributed by atoms with Gasteiger partial charge in [-0.15, -0.1) is 0 Å². The molecule has 0 amide bonds. The SMILES string of the molecule is CCCCCCC/C=C\C/C=C\C/C=C\CCCCCCCCCCC(=O)OC(CO)COC(=O)CCCCCCCCCCCCCCCCCCCCCCCCCCCCCC. The Bertz CT molecular complexity index is 1030. The molecule has 0 fully saturated rings. The van der Waals surface area contributed by atoms with Crippen molar-refractivity contribution in [3.8, 4) is 0 Å². The lowest BCUT2D eigenvalue weighted by atomic mass is 10.0. The van der Waals surface area contributed by atoms with Crippen LogP contribution >= 0.6 is 0 Å². The van der Waals surface area contributed by atoms with E-state index in [1.54, 1.807) is 0 Å². The second kappa shape index (κ2) is 56.4. The number of unbranched alkanes of at least 4 members (excludes halogenated alkanes) is 40. The zero-order chi connectivity index (χ0) is 47.0. The highest BCUT2D eigenvalue weighted by molar-refractivity contribution is 5.70. The molecule has 0 rings (SSSR count).